The number of carbonyl (C=O) groups excluding carboxylic acids is 2. The Bertz CT molecular complexity index is 1340. The van der Waals surface area contributed by atoms with Crippen molar-refractivity contribution in [3.63, 3.8) is 0 Å². The topological polar surface area (TPSA) is 181 Å². The summed E-state index contributed by atoms with van der Waals surface area (Å²) in [5.74, 6) is -3.00. The van der Waals surface area contributed by atoms with Gasteiger partial charge in [-0.1, -0.05) is 30.3 Å². The lowest BCUT2D eigenvalue weighted by Gasteiger charge is -2.44. The summed E-state index contributed by atoms with van der Waals surface area (Å²) in [4.78, 5) is 25.7. The van der Waals surface area contributed by atoms with Crippen molar-refractivity contribution in [1.82, 2.24) is 0 Å². The zero-order valence-corrected chi connectivity index (χ0v) is 21.7. The average Bonchev–Trinajstić information content (AvgIpc) is 2.96. The lowest BCUT2D eigenvalue weighted by molar-refractivity contribution is -0.338. The standard InChI is InChI=1S/C29H30O12/c1-2-16-18-9-10-37-26(35)19(18)13-38-28(16)41-29-25(24(34)23(33)21(12-30)39-29)40-27(36)22-17(7-4-8-20(22)32)14-5-3-6-15(31)11-14/h2-8,11,13,16,18,21,23-25,28-34H,1,9-10,12H2. The van der Waals surface area contributed by atoms with E-state index in [0.717, 1.165) is 0 Å². The number of aliphatic hydroxyl groups is 3. The van der Waals surface area contributed by atoms with Crippen molar-refractivity contribution in [1.29, 1.82) is 0 Å². The van der Waals surface area contributed by atoms with Crippen molar-refractivity contribution in [2.75, 3.05) is 13.2 Å². The third kappa shape index (κ3) is 5.52. The van der Waals surface area contributed by atoms with Gasteiger partial charge in [0, 0.05) is 17.4 Å². The SMILES string of the molecule is C=CC1C(OC2OC(CO)C(O)C(O)C2OC(=O)c2c(O)cccc2-c2cccc(O)c2)OC=C2C(=O)OCCC21. The van der Waals surface area contributed by atoms with E-state index in [2.05, 4.69) is 6.58 Å². The van der Waals surface area contributed by atoms with E-state index >= 15 is 0 Å². The molecule has 0 saturated carbocycles. The minimum absolute atomic E-state index is 0.0689. The molecular formula is C29H30O12. The molecule has 218 valence electrons. The first kappa shape index (κ1) is 28.6. The molecule has 2 saturated heterocycles. The first-order valence-electron chi connectivity index (χ1n) is 13.0. The van der Waals surface area contributed by atoms with Crippen molar-refractivity contribution >= 4 is 11.9 Å². The van der Waals surface area contributed by atoms with Gasteiger partial charge in [0.2, 0.25) is 12.6 Å². The normalized spacial score (nSPS) is 31.2. The smallest absolute Gasteiger partial charge is 0.343 e. The Labute approximate surface area is 234 Å². The number of hydrogen-bond donors (Lipinski definition) is 5. The molecule has 5 rings (SSSR count). The molecule has 0 aromatic heterocycles. The summed E-state index contributed by atoms with van der Waals surface area (Å²) in [7, 11) is 0. The van der Waals surface area contributed by atoms with Crippen molar-refractivity contribution in [2.45, 2.75) is 43.4 Å². The molecule has 0 bridgehead atoms. The highest BCUT2D eigenvalue weighted by Crippen LogP contribution is 2.39. The molecule has 41 heavy (non-hydrogen) atoms. The van der Waals surface area contributed by atoms with E-state index in [-0.39, 0.29) is 29.4 Å². The van der Waals surface area contributed by atoms with Crippen LogP contribution in [0.3, 0.4) is 0 Å². The number of hydrogen-bond acceptors (Lipinski definition) is 12. The van der Waals surface area contributed by atoms with Crippen LogP contribution in [0.5, 0.6) is 11.5 Å². The van der Waals surface area contributed by atoms with E-state index < -0.39 is 67.2 Å². The molecule has 2 aromatic carbocycles. The third-order valence-corrected chi connectivity index (χ3v) is 7.42. The number of phenolic OH excluding ortho intramolecular Hbond substituents is 2. The Morgan fingerprint density at radius 2 is 1.88 bits per heavy atom. The molecule has 8 atom stereocenters. The first-order valence-corrected chi connectivity index (χ1v) is 13.0. The van der Waals surface area contributed by atoms with Gasteiger partial charge in [-0.05, 0) is 30.2 Å². The largest absolute Gasteiger partial charge is 0.508 e. The Morgan fingerprint density at radius 1 is 1.10 bits per heavy atom. The van der Waals surface area contributed by atoms with Gasteiger partial charge >= 0.3 is 11.9 Å². The average molecular weight is 571 g/mol. The fourth-order valence-corrected chi connectivity index (χ4v) is 5.30. The zero-order valence-electron chi connectivity index (χ0n) is 21.7. The molecule has 12 nitrogen and oxygen atoms in total. The molecule has 0 radical (unpaired) electrons. The Hall–Kier alpha value is -3.94. The molecule has 3 aliphatic heterocycles. The fourth-order valence-electron chi connectivity index (χ4n) is 5.30. The van der Waals surface area contributed by atoms with Crippen LogP contribution >= 0.6 is 0 Å². The van der Waals surface area contributed by atoms with Gasteiger partial charge in [-0.3, -0.25) is 0 Å². The van der Waals surface area contributed by atoms with Crippen molar-refractivity contribution in [2.24, 2.45) is 11.8 Å². The van der Waals surface area contributed by atoms with Crippen LogP contribution in [0.15, 0.2) is 67.0 Å². The van der Waals surface area contributed by atoms with Gasteiger partial charge in [0.25, 0.3) is 0 Å². The van der Waals surface area contributed by atoms with Crippen LogP contribution < -0.4 is 0 Å². The molecule has 0 amide bonds. The van der Waals surface area contributed by atoms with Gasteiger partial charge in [0.05, 0.1) is 25.0 Å². The summed E-state index contributed by atoms with van der Waals surface area (Å²) in [5, 5.41) is 51.7. The minimum atomic E-state index is -1.77. The summed E-state index contributed by atoms with van der Waals surface area (Å²) in [6, 6.07) is 10.3. The van der Waals surface area contributed by atoms with E-state index in [1.165, 1.54) is 36.6 Å². The number of benzene rings is 2. The highest BCUT2D eigenvalue weighted by atomic mass is 16.8. The number of fused-ring (bicyclic) bond motifs is 1. The lowest BCUT2D eigenvalue weighted by Crippen LogP contribution is -2.61. The van der Waals surface area contributed by atoms with Crippen LogP contribution in [0.25, 0.3) is 11.1 Å². The second-order valence-electron chi connectivity index (χ2n) is 9.88. The van der Waals surface area contributed by atoms with Crippen LogP contribution in [-0.4, -0.2) is 87.7 Å². The van der Waals surface area contributed by atoms with E-state index in [1.807, 2.05) is 0 Å². The molecule has 0 aliphatic carbocycles. The third-order valence-electron chi connectivity index (χ3n) is 7.42. The maximum absolute atomic E-state index is 13.5. The van der Waals surface area contributed by atoms with Gasteiger partial charge in [0.15, 0.2) is 6.10 Å². The highest BCUT2D eigenvalue weighted by molar-refractivity contribution is 6.00. The number of aliphatic hydroxyl groups excluding tert-OH is 3. The molecule has 12 heteroatoms. The van der Waals surface area contributed by atoms with Gasteiger partial charge < -0.3 is 49.2 Å². The van der Waals surface area contributed by atoms with Crippen molar-refractivity contribution in [3.05, 3.63) is 72.5 Å². The summed E-state index contributed by atoms with van der Waals surface area (Å²) in [6.07, 6.45) is -5.78. The summed E-state index contributed by atoms with van der Waals surface area (Å²) < 4.78 is 28.0. The number of carbonyl (C=O) groups is 2. The second-order valence-corrected chi connectivity index (χ2v) is 9.88. The number of phenols is 2. The zero-order chi connectivity index (χ0) is 29.3. The monoisotopic (exact) mass is 570 g/mol. The predicted molar refractivity (Wildman–Crippen MR) is 139 cm³/mol. The number of aromatic hydroxyl groups is 2. The van der Waals surface area contributed by atoms with Crippen molar-refractivity contribution < 1.29 is 58.8 Å². The van der Waals surface area contributed by atoms with E-state index in [1.54, 1.807) is 18.2 Å². The van der Waals surface area contributed by atoms with Gasteiger partial charge in [-0.2, -0.15) is 0 Å². The lowest BCUT2D eigenvalue weighted by atomic mass is 9.81. The van der Waals surface area contributed by atoms with Crippen LogP contribution in [-0.2, 0) is 28.5 Å². The van der Waals surface area contributed by atoms with Crippen LogP contribution in [0.2, 0.25) is 0 Å². The molecular weight excluding hydrogens is 540 g/mol. The summed E-state index contributed by atoms with van der Waals surface area (Å²) in [5.41, 5.74) is 0.678. The van der Waals surface area contributed by atoms with E-state index in [4.69, 9.17) is 23.7 Å². The quantitative estimate of drug-likeness (QED) is 0.238. The molecule has 0 spiro atoms. The van der Waals surface area contributed by atoms with E-state index in [9.17, 15) is 35.1 Å². The number of ether oxygens (including phenoxy) is 5. The predicted octanol–water partition coefficient (Wildman–Crippen LogP) is 1.35. The van der Waals surface area contributed by atoms with E-state index in [0.29, 0.717) is 17.6 Å². The Kier molecular flexibility index (Phi) is 8.29. The minimum Gasteiger partial charge on any atom is -0.508 e. The maximum atomic E-state index is 13.5. The van der Waals surface area contributed by atoms with Crippen molar-refractivity contribution in [3.8, 4) is 22.6 Å². The van der Waals surface area contributed by atoms with Gasteiger partial charge in [-0.15, -0.1) is 6.58 Å². The highest BCUT2D eigenvalue weighted by Gasteiger charge is 2.50. The molecule has 3 aliphatic rings. The molecule has 8 unspecified atom stereocenters. The maximum Gasteiger partial charge on any atom is 0.343 e. The second kappa shape index (κ2) is 11.9. The Morgan fingerprint density at radius 3 is 2.61 bits per heavy atom. The fraction of sp³-hybridized carbons (Fsp3) is 0.379. The first-order chi connectivity index (χ1) is 19.7. The number of cyclic esters (lactones) is 1. The summed E-state index contributed by atoms with van der Waals surface area (Å²) >= 11 is 0. The molecule has 2 fully saturated rings. The van der Waals surface area contributed by atoms with Gasteiger partial charge in [0.1, 0.15) is 35.4 Å². The summed E-state index contributed by atoms with van der Waals surface area (Å²) in [6.45, 7) is 3.33. The molecule has 5 N–H and O–H groups in total. The van der Waals surface area contributed by atoms with Crippen LogP contribution in [0.4, 0.5) is 0 Å². The molecule has 2 aromatic rings. The number of esters is 2. The van der Waals surface area contributed by atoms with Crippen LogP contribution in [0, 0.1) is 11.8 Å². The Balaban J connectivity index is 1.44. The van der Waals surface area contributed by atoms with Crippen LogP contribution in [0.1, 0.15) is 16.8 Å². The number of rotatable bonds is 7. The molecule has 3 heterocycles. The van der Waals surface area contributed by atoms with Gasteiger partial charge in [-0.25, -0.2) is 9.59 Å².